The summed E-state index contributed by atoms with van der Waals surface area (Å²) < 4.78 is 0. The van der Waals surface area contributed by atoms with Gasteiger partial charge in [0.2, 0.25) is 0 Å². The molecule has 0 bridgehead atoms. The maximum atomic E-state index is 10.8. The molecular weight excluding hydrogens is 158 g/mol. The molecule has 0 aromatic heterocycles. The maximum absolute atomic E-state index is 10.8. The van der Waals surface area contributed by atoms with Crippen molar-refractivity contribution in [2.45, 2.75) is 0 Å². The lowest BCUT2D eigenvalue weighted by Crippen LogP contribution is -2.18. The number of rotatable bonds is 1. The van der Waals surface area contributed by atoms with Crippen molar-refractivity contribution >= 4 is 17.3 Å². The van der Waals surface area contributed by atoms with E-state index >= 15 is 0 Å². The summed E-state index contributed by atoms with van der Waals surface area (Å²) in [7, 11) is 0. The van der Waals surface area contributed by atoms with Crippen LogP contribution < -0.4 is 16.9 Å². The van der Waals surface area contributed by atoms with Crippen molar-refractivity contribution in [3.8, 4) is 0 Å². The molecule has 0 fully saturated rings. The predicted molar refractivity (Wildman–Crippen MR) is 44.5 cm³/mol. The lowest BCUT2D eigenvalue weighted by molar-refractivity contribution is 0.0706. The molecule has 0 radical (unpaired) electrons. The lowest BCUT2D eigenvalue weighted by atomic mass is 10.1. The van der Waals surface area contributed by atoms with Crippen LogP contribution in [0.15, 0.2) is 18.2 Å². The Morgan fingerprint density at radius 1 is 1.33 bits per heavy atom. The number of benzene rings is 1. The van der Waals surface area contributed by atoms with Crippen molar-refractivity contribution in [3.63, 3.8) is 0 Å². The van der Waals surface area contributed by atoms with Crippen LogP contribution in [-0.2, 0) is 0 Å². The van der Waals surface area contributed by atoms with Crippen molar-refractivity contribution < 1.29 is 10.0 Å². The summed E-state index contributed by atoms with van der Waals surface area (Å²) in [6.07, 6.45) is 0. The number of carbonyl (C=O) groups is 1. The van der Waals surface area contributed by atoms with E-state index in [4.69, 9.17) is 16.7 Å². The molecule has 0 aliphatic rings. The minimum absolute atomic E-state index is 0.268. The van der Waals surface area contributed by atoms with Gasteiger partial charge in [-0.25, -0.2) is 5.48 Å². The second kappa shape index (κ2) is 3.10. The van der Waals surface area contributed by atoms with E-state index in [1.165, 1.54) is 23.7 Å². The number of anilines is 2. The highest BCUT2D eigenvalue weighted by Gasteiger charge is 2.04. The molecule has 0 heterocycles. The second-order valence-electron chi connectivity index (χ2n) is 2.28. The number of carbonyl (C=O) groups excluding carboxylic acids is 1. The topological polar surface area (TPSA) is 101 Å². The number of nitrogens with two attached hydrogens (primary N) is 2. The van der Waals surface area contributed by atoms with E-state index in [1.807, 2.05) is 0 Å². The summed E-state index contributed by atoms with van der Waals surface area (Å²) in [6, 6.07) is 4.36. The maximum Gasteiger partial charge on any atom is 0.274 e. The van der Waals surface area contributed by atoms with Crippen molar-refractivity contribution in [3.05, 3.63) is 23.8 Å². The summed E-state index contributed by atoms with van der Waals surface area (Å²) >= 11 is 0. The van der Waals surface area contributed by atoms with E-state index in [0.717, 1.165) is 0 Å². The number of nitrogens with one attached hydrogen (secondary N) is 1. The molecule has 1 aromatic carbocycles. The Hall–Kier alpha value is -1.75. The molecule has 1 rings (SSSR count). The third-order valence-corrected chi connectivity index (χ3v) is 1.45. The molecule has 1 amide bonds. The molecule has 6 N–H and O–H groups in total. The van der Waals surface area contributed by atoms with Crippen LogP contribution in [0.25, 0.3) is 0 Å². The van der Waals surface area contributed by atoms with Crippen LogP contribution in [0.4, 0.5) is 11.4 Å². The summed E-state index contributed by atoms with van der Waals surface area (Å²) in [6.45, 7) is 0. The Balaban J connectivity index is 3.05. The highest BCUT2D eigenvalue weighted by atomic mass is 16.5. The highest BCUT2D eigenvalue weighted by Crippen LogP contribution is 2.15. The van der Waals surface area contributed by atoms with Crippen LogP contribution in [0.2, 0.25) is 0 Å². The van der Waals surface area contributed by atoms with Gasteiger partial charge in [-0.3, -0.25) is 10.0 Å². The van der Waals surface area contributed by atoms with Crippen LogP contribution >= 0.6 is 0 Å². The smallest absolute Gasteiger partial charge is 0.274 e. The fourth-order valence-electron chi connectivity index (χ4n) is 0.781. The van der Waals surface area contributed by atoms with Crippen LogP contribution in [-0.4, -0.2) is 11.1 Å². The van der Waals surface area contributed by atoms with E-state index in [0.29, 0.717) is 11.4 Å². The van der Waals surface area contributed by atoms with Gasteiger partial charge in [0.05, 0.1) is 11.4 Å². The minimum atomic E-state index is -0.610. The first-order valence-electron chi connectivity index (χ1n) is 3.24. The fraction of sp³-hybridized carbons (Fsp3) is 0. The van der Waals surface area contributed by atoms with Gasteiger partial charge in [0.25, 0.3) is 5.91 Å². The SMILES string of the molecule is Nc1ccc(C(=O)NO)cc1N. The van der Waals surface area contributed by atoms with Crippen LogP contribution in [0, 0.1) is 0 Å². The van der Waals surface area contributed by atoms with E-state index in [-0.39, 0.29) is 5.56 Å². The van der Waals surface area contributed by atoms with Crippen molar-refractivity contribution in [1.29, 1.82) is 0 Å². The Morgan fingerprint density at radius 3 is 2.50 bits per heavy atom. The van der Waals surface area contributed by atoms with Gasteiger partial charge in [-0.1, -0.05) is 0 Å². The normalized spacial score (nSPS) is 9.42. The van der Waals surface area contributed by atoms with Gasteiger partial charge < -0.3 is 11.5 Å². The van der Waals surface area contributed by atoms with Gasteiger partial charge in [-0.05, 0) is 18.2 Å². The predicted octanol–water partition coefficient (Wildman–Crippen LogP) is -0.0300. The van der Waals surface area contributed by atoms with E-state index in [9.17, 15) is 4.79 Å². The summed E-state index contributed by atoms with van der Waals surface area (Å²) in [5.74, 6) is -0.610. The molecule has 0 saturated heterocycles. The largest absolute Gasteiger partial charge is 0.397 e. The Kier molecular flexibility index (Phi) is 2.16. The zero-order valence-electron chi connectivity index (χ0n) is 6.24. The highest BCUT2D eigenvalue weighted by molar-refractivity contribution is 5.95. The number of nitrogen functional groups attached to an aromatic ring is 2. The Bertz CT molecular complexity index is 312. The Labute approximate surface area is 68.9 Å². The van der Waals surface area contributed by atoms with Crippen molar-refractivity contribution in [1.82, 2.24) is 5.48 Å². The summed E-state index contributed by atoms with van der Waals surface area (Å²) in [4.78, 5) is 10.8. The number of hydrogen-bond donors (Lipinski definition) is 4. The molecule has 0 atom stereocenters. The van der Waals surface area contributed by atoms with Gasteiger partial charge >= 0.3 is 0 Å². The van der Waals surface area contributed by atoms with Crippen molar-refractivity contribution in [2.75, 3.05) is 11.5 Å². The molecule has 0 unspecified atom stereocenters. The summed E-state index contributed by atoms with van der Waals surface area (Å²) in [5.41, 5.74) is 13.3. The first-order valence-corrected chi connectivity index (χ1v) is 3.24. The third kappa shape index (κ3) is 1.46. The van der Waals surface area contributed by atoms with Gasteiger partial charge in [0, 0.05) is 5.56 Å². The van der Waals surface area contributed by atoms with Gasteiger partial charge in [0.15, 0.2) is 0 Å². The quantitative estimate of drug-likeness (QED) is 0.268. The molecular formula is C7H9N3O2. The van der Waals surface area contributed by atoms with E-state index in [1.54, 1.807) is 0 Å². The molecule has 1 aromatic rings. The third-order valence-electron chi connectivity index (χ3n) is 1.45. The zero-order valence-corrected chi connectivity index (χ0v) is 6.24. The van der Waals surface area contributed by atoms with Gasteiger partial charge in [0.1, 0.15) is 0 Å². The monoisotopic (exact) mass is 167 g/mol. The lowest BCUT2D eigenvalue weighted by Gasteiger charge is -2.02. The molecule has 5 nitrogen and oxygen atoms in total. The van der Waals surface area contributed by atoms with E-state index in [2.05, 4.69) is 0 Å². The number of hydrogen-bond acceptors (Lipinski definition) is 4. The van der Waals surface area contributed by atoms with Crippen LogP contribution in [0.3, 0.4) is 0 Å². The average Bonchev–Trinajstić information content (AvgIpc) is 2.08. The number of hydroxylamine groups is 1. The first kappa shape index (κ1) is 8.35. The molecule has 0 aliphatic heterocycles. The standard InChI is InChI=1S/C7H9N3O2/c8-5-2-1-4(3-6(5)9)7(11)10-12/h1-3,12H,8-9H2,(H,10,11). The minimum Gasteiger partial charge on any atom is -0.397 e. The van der Waals surface area contributed by atoms with Crippen LogP contribution in [0.5, 0.6) is 0 Å². The van der Waals surface area contributed by atoms with E-state index < -0.39 is 5.91 Å². The Morgan fingerprint density at radius 2 is 2.00 bits per heavy atom. The molecule has 64 valence electrons. The van der Waals surface area contributed by atoms with Gasteiger partial charge in [-0.15, -0.1) is 0 Å². The first-order chi connectivity index (χ1) is 5.65. The number of amides is 1. The fourth-order valence-corrected chi connectivity index (χ4v) is 0.781. The van der Waals surface area contributed by atoms with Crippen molar-refractivity contribution in [2.24, 2.45) is 0 Å². The van der Waals surface area contributed by atoms with Crippen LogP contribution in [0.1, 0.15) is 10.4 Å². The zero-order chi connectivity index (χ0) is 9.14. The molecule has 0 aliphatic carbocycles. The average molecular weight is 167 g/mol. The molecule has 5 heteroatoms. The molecule has 12 heavy (non-hydrogen) atoms. The van der Waals surface area contributed by atoms with Gasteiger partial charge in [-0.2, -0.15) is 0 Å². The summed E-state index contributed by atoms with van der Waals surface area (Å²) in [5, 5.41) is 8.28. The molecule has 0 saturated carbocycles. The second-order valence-corrected chi connectivity index (χ2v) is 2.28. The molecule has 0 spiro atoms.